The second kappa shape index (κ2) is 5.69. The third kappa shape index (κ3) is 3.34. The van der Waals surface area contributed by atoms with Crippen LogP contribution in [-0.4, -0.2) is 5.91 Å². The number of nitrogens with one attached hydrogen (secondary N) is 1. The maximum absolute atomic E-state index is 12.9. The average molecular weight is 261 g/mol. The largest absolute Gasteiger partial charge is 0.348 e. The van der Waals surface area contributed by atoms with Gasteiger partial charge in [0.15, 0.2) is 0 Å². The number of carbonyl (C=O) groups is 1. The van der Waals surface area contributed by atoms with Crippen LogP contribution < -0.4 is 5.32 Å². The Balaban J connectivity index is 2.00. The lowest BCUT2D eigenvalue weighted by Crippen LogP contribution is -2.22. The summed E-state index contributed by atoms with van der Waals surface area (Å²) in [5.41, 5.74) is 1.27. The zero-order valence-electron chi connectivity index (χ0n) is 9.56. The molecule has 0 aliphatic rings. The second-order valence-electron chi connectivity index (χ2n) is 3.86. The number of amides is 1. The van der Waals surface area contributed by atoms with Gasteiger partial charge in [0.05, 0.1) is 0 Å². The first-order valence-electron chi connectivity index (χ1n) is 5.47. The summed E-state index contributed by atoms with van der Waals surface area (Å²) in [4.78, 5) is 12.5. The zero-order valence-corrected chi connectivity index (χ0v) is 10.5. The third-order valence-corrected chi connectivity index (χ3v) is 2.73. The predicted octanol–water partition coefficient (Wildman–Crippen LogP) is 3.04. The van der Waals surface area contributed by atoms with Gasteiger partial charge >= 0.3 is 0 Å². The zero-order chi connectivity index (χ0) is 13.0. The molecule has 1 N–H and O–H groups in total. The Bertz CT molecular complexity index is 571. The molecule has 0 unspecified atom stereocenters. The number of halogens is 1. The molecule has 0 saturated heterocycles. The molecule has 0 spiro atoms. The van der Waals surface area contributed by atoms with E-state index in [1.807, 2.05) is 0 Å². The standard InChI is InChI=1S/C14H12FNOS/c15-12-5-1-3-10(7-12)9-16-14(17)11-4-2-6-13(18)8-11/h1-8,18H,9H2,(H,16,17). The smallest absolute Gasteiger partial charge is 0.251 e. The van der Waals surface area contributed by atoms with Gasteiger partial charge in [0.2, 0.25) is 0 Å². The van der Waals surface area contributed by atoms with Crippen LogP contribution in [0.3, 0.4) is 0 Å². The SMILES string of the molecule is O=C(NCc1cccc(F)c1)c1cccc(S)c1. The Kier molecular flexibility index (Phi) is 3.99. The molecule has 2 aromatic rings. The van der Waals surface area contributed by atoms with Crippen molar-refractivity contribution in [3.8, 4) is 0 Å². The molecule has 18 heavy (non-hydrogen) atoms. The van der Waals surface area contributed by atoms with Gasteiger partial charge in [-0.2, -0.15) is 0 Å². The predicted molar refractivity (Wildman–Crippen MR) is 71.3 cm³/mol. The third-order valence-electron chi connectivity index (χ3n) is 2.45. The van der Waals surface area contributed by atoms with Crippen molar-refractivity contribution < 1.29 is 9.18 Å². The lowest BCUT2D eigenvalue weighted by molar-refractivity contribution is 0.0950. The lowest BCUT2D eigenvalue weighted by Gasteiger charge is -2.06. The van der Waals surface area contributed by atoms with Crippen LogP contribution >= 0.6 is 12.6 Å². The van der Waals surface area contributed by atoms with E-state index >= 15 is 0 Å². The van der Waals surface area contributed by atoms with Crippen LogP contribution in [0, 0.1) is 5.82 Å². The maximum Gasteiger partial charge on any atom is 0.251 e. The first-order chi connectivity index (χ1) is 8.65. The Hall–Kier alpha value is -1.81. The van der Waals surface area contributed by atoms with Crippen molar-refractivity contribution in [3.05, 3.63) is 65.5 Å². The fourth-order valence-electron chi connectivity index (χ4n) is 1.58. The van der Waals surface area contributed by atoms with Crippen molar-refractivity contribution in [3.63, 3.8) is 0 Å². The highest BCUT2D eigenvalue weighted by molar-refractivity contribution is 7.80. The molecule has 0 atom stereocenters. The summed E-state index contributed by atoms with van der Waals surface area (Å²) in [6.45, 7) is 0.299. The van der Waals surface area contributed by atoms with E-state index in [-0.39, 0.29) is 11.7 Å². The molecular weight excluding hydrogens is 249 g/mol. The van der Waals surface area contributed by atoms with Gasteiger partial charge in [-0.3, -0.25) is 4.79 Å². The van der Waals surface area contributed by atoms with E-state index in [1.54, 1.807) is 36.4 Å². The Morgan fingerprint density at radius 3 is 2.67 bits per heavy atom. The van der Waals surface area contributed by atoms with E-state index in [0.717, 1.165) is 10.5 Å². The highest BCUT2D eigenvalue weighted by Gasteiger charge is 2.05. The Morgan fingerprint density at radius 1 is 1.17 bits per heavy atom. The normalized spacial score (nSPS) is 10.1. The van der Waals surface area contributed by atoms with Crippen molar-refractivity contribution in [1.82, 2.24) is 5.32 Å². The molecule has 2 aromatic carbocycles. The molecule has 0 heterocycles. The van der Waals surface area contributed by atoms with Crippen molar-refractivity contribution in [2.75, 3.05) is 0 Å². The molecule has 1 amide bonds. The summed E-state index contributed by atoms with van der Waals surface area (Å²) >= 11 is 4.17. The minimum atomic E-state index is -0.306. The Morgan fingerprint density at radius 2 is 1.94 bits per heavy atom. The van der Waals surface area contributed by atoms with E-state index in [9.17, 15) is 9.18 Å². The minimum Gasteiger partial charge on any atom is -0.348 e. The molecule has 0 aliphatic carbocycles. The first kappa shape index (κ1) is 12.6. The fourth-order valence-corrected chi connectivity index (χ4v) is 1.80. The van der Waals surface area contributed by atoms with Crippen molar-refractivity contribution in [1.29, 1.82) is 0 Å². The topological polar surface area (TPSA) is 29.1 Å². The van der Waals surface area contributed by atoms with Gasteiger partial charge in [-0.1, -0.05) is 18.2 Å². The summed E-state index contributed by atoms with van der Waals surface area (Å²) in [5.74, 6) is -0.505. The lowest BCUT2D eigenvalue weighted by atomic mass is 10.2. The van der Waals surface area contributed by atoms with E-state index in [2.05, 4.69) is 17.9 Å². The molecule has 0 aliphatic heterocycles. The molecular formula is C14H12FNOS. The maximum atomic E-state index is 12.9. The molecule has 0 saturated carbocycles. The molecule has 0 bridgehead atoms. The molecule has 2 rings (SSSR count). The fraction of sp³-hybridized carbons (Fsp3) is 0.0714. The quantitative estimate of drug-likeness (QED) is 0.817. The molecule has 2 nitrogen and oxygen atoms in total. The van der Waals surface area contributed by atoms with Gasteiger partial charge < -0.3 is 5.32 Å². The van der Waals surface area contributed by atoms with Gasteiger partial charge in [0, 0.05) is 17.0 Å². The molecule has 92 valence electrons. The summed E-state index contributed by atoms with van der Waals surface area (Å²) in [5, 5.41) is 2.73. The van der Waals surface area contributed by atoms with Gasteiger partial charge in [-0.25, -0.2) is 4.39 Å². The molecule has 4 heteroatoms. The van der Waals surface area contributed by atoms with Crippen LogP contribution in [0.1, 0.15) is 15.9 Å². The monoisotopic (exact) mass is 261 g/mol. The van der Waals surface area contributed by atoms with Crippen molar-refractivity contribution in [2.45, 2.75) is 11.4 Å². The number of hydrogen-bond acceptors (Lipinski definition) is 2. The highest BCUT2D eigenvalue weighted by Crippen LogP contribution is 2.09. The number of thiol groups is 1. The first-order valence-corrected chi connectivity index (χ1v) is 5.91. The van der Waals surface area contributed by atoms with Crippen molar-refractivity contribution >= 4 is 18.5 Å². The van der Waals surface area contributed by atoms with Gasteiger partial charge in [-0.15, -0.1) is 12.6 Å². The van der Waals surface area contributed by atoms with Crippen LogP contribution in [0.4, 0.5) is 4.39 Å². The second-order valence-corrected chi connectivity index (χ2v) is 4.38. The van der Waals surface area contributed by atoms with Gasteiger partial charge in [0.25, 0.3) is 5.91 Å². The van der Waals surface area contributed by atoms with Crippen LogP contribution in [0.2, 0.25) is 0 Å². The number of carbonyl (C=O) groups excluding carboxylic acids is 1. The minimum absolute atomic E-state index is 0.199. The summed E-state index contributed by atoms with van der Waals surface area (Å²) in [6, 6.07) is 13.1. The number of hydrogen-bond donors (Lipinski definition) is 2. The van der Waals surface area contributed by atoms with E-state index in [4.69, 9.17) is 0 Å². The van der Waals surface area contributed by atoms with Gasteiger partial charge in [-0.05, 0) is 35.9 Å². The summed E-state index contributed by atoms with van der Waals surface area (Å²) in [6.07, 6.45) is 0. The summed E-state index contributed by atoms with van der Waals surface area (Å²) < 4.78 is 12.9. The molecule has 0 aromatic heterocycles. The molecule has 0 fully saturated rings. The average Bonchev–Trinajstić information content (AvgIpc) is 2.36. The van der Waals surface area contributed by atoms with E-state index in [1.165, 1.54) is 12.1 Å². The molecule has 0 radical (unpaired) electrons. The van der Waals surface area contributed by atoms with Gasteiger partial charge in [0.1, 0.15) is 5.82 Å². The highest BCUT2D eigenvalue weighted by atomic mass is 32.1. The van der Waals surface area contributed by atoms with Crippen LogP contribution in [-0.2, 0) is 6.54 Å². The van der Waals surface area contributed by atoms with E-state index < -0.39 is 0 Å². The van der Waals surface area contributed by atoms with Crippen LogP contribution in [0.25, 0.3) is 0 Å². The summed E-state index contributed by atoms with van der Waals surface area (Å²) in [7, 11) is 0. The Labute approximate surface area is 110 Å². The van der Waals surface area contributed by atoms with Crippen LogP contribution in [0.5, 0.6) is 0 Å². The number of benzene rings is 2. The van der Waals surface area contributed by atoms with Crippen LogP contribution in [0.15, 0.2) is 53.4 Å². The van der Waals surface area contributed by atoms with Crippen molar-refractivity contribution in [2.24, 2.45) is 0 Å². The van der Waals surface area contributed by atoms with E-state index in [0.29, 0.717) is 12.1 Å². The number of rotatable bonds is 3.